The van der Waals surface area contributed by atoms with E-state index in [1.54, 1.807) is 4.90 Å². The van der Waals surface area contributed by atoms with Crippen molar-refractivity contribution in [1.29, 1.82) is 5.26 Å². The third kappa shape index (κ3) is 2.68. The molecule has 13 heavy (non-hydrogen) atoms. The Kier molecular flexibility index (Phi) is 3.23. The summed E-state index contributed by atoms with van der Waals surface area (Å²) in [7, 11) is 0. The molecule has 0 spiro atoms. The van der Waals surface area contributed by atoms with Crippen LogP contribution in [0.25, 0.3) is 0 Å². The van der Waals surface area contributed by atoms with Crippen molar-refractivity contribution in [3.63, 3.8) is 0 Å². The quantitative estimate of drug-likeness (QED) is 0.595. The lowest BCUT2D eigenvalue weighted by molar-refractivity contribution is -0.139. The van der Waals surface area contributed by atoms with Crippen LogP contribution in [0, 0.1) is 11.3 Å². The largest absolute Gasteiger partial charge is 0.480 e. The second kappa shape index (κ2) is 4.21. The minimum atomic E-state index is -0.908. The van der Waals surface area contributed by atoms with Crippen LogP contribution in [-0.4, -0.2) is 41.1 Å². The molecule has 2 atom stereocenters. The number of carboxylic acids is 1. The summed E-state index contributed by atoms with van der Waals surface area (Å²) < 4.78 is 0. The van der Waals surface area contributed by atoms with Crippen LogP contribution in [0.15, 0.2) is 0 Å². The lowest BCUT2D eigenvalue weighted by Crippen LogP contribution is -2.49. The van der Waals surface area contributed by atoms with Gasteiger partial charge in [-0.1, -0.05) is 0 Å². The average molecular weight is 183 g/mol. The van der Waals surface area contributed by atoms with Gasteiger partial charge in [0.05, 0.1) is 18.7 Å². The first-order valence-corrected chi connectivity index (χ1v) is 4.24. The number of nitrogens with two attached hydrogens (primary N) is 1. The molecule has 3 N–H and O–H groups in total. The van der Waals surface area contributed by atoms with Crippen LogP contribution in [0.2, 0.25) is 0 Å². The van der Waals surface area contributed by atoms with E-state index in [0.29, 0.717) is 13.0 Å². The van der Waals surface area contributed by atoms with E-state index < -0.39 is 5.97 Å². The van der Waals surface area contributed by atoms with Crippen LogP contribution in [0.4, 0.5) is 0 Å². The molecule has 1 rings (SSSR count). The first-order valence-electron chi connectivity index (χ1n) is 4.24. The predicted molar refractivity (Wildman–Crippen MR) is 45.8 cm³/mol. The predicted octanol–water partition coefficient (Wildman–Crippen LogP) is -0.614. The Morgan fingerprint density at radius 2 is 2.38 bits per heavy atom. The first kappa shape index (κ1) is 9.96. The molecule has 0 radical (unpaired) electrons. The fourth-order valence-corrected chi connectivity index (χ4v) is 1.57. The average Bonchev–Trinajstić information content (AvgIpc) is 2.03. The summed E-state index contributed by atoms with van der Waals surface area (Å²) in [5.41, 5.74) is 5.67. The normalized spacial score (nSPS) is 29.5. The number of hydrogen-bond donors (Lipinski definition) is 2. The van der Waals surface area contributed by atoms with Gasteiger partial charge in [-0.25, -0.2) is 0 Å². The van der Waals surface area contributed by atoms with Crippen molar-refractivity contribution in [2.75, 3.05) is 13.1 Å². The molecule has 5 heteroatoms. The SMILES string of the molecule is N#C[C@@H]1CCC(N)CN1CC(=O)O. The summed E-state index contributed by atoms with van der Waals surface area (Å²) in [5.74, 6) is -0.908. The van der Waals surface area contributed by atoms with Gasteiger partial charge < -0.3 is 10.8 Å². The number of nitriles is 1. The fourth-order valence-electron chi connectivity index (χ4n) is 1.57. The van der Waals surface area contributed by atoms with Gasteiger partial charge in [0.15, 0.2) is 0 Å². The molecule has 1 saturated heterocycles. The Labute approximate surface area is 76.7 Å². The van der Waals surface area contributed by atoms with Crippen LogP contribution in [0.5, 0.6) is 0 Å². The Hall–Kier alpha value is -1.12. The number of hydrogen-bond acceptors (Lipinski definition) is 4. The second-order valence-corrected chi connectivity index (χ2v) is 3.31. The summed E-state index contributed by atoms with van der Waals surface area (Å²) in [5, 5.41) is 17.3. The van der Waals surface area contributed by atoms with Gasteiger partial charge in [0.1, 0.15) is 0 Å². The van der Waals surface area contributed by atoms with E-state index in [1.807, 2.05) is 0 Å². The second-order valence-electron chi connectivity index (χ2n) is 3.31. The molecule has 1 aliphatic heterocycles. The lowest BCUT2D eigenvalue weighted by atomic mass is 10.00. The maximum absolute atomic E-state index is 10.4. The third-order valence-electron chi connectivity index (χ3n) is 2.21. The first-order chi connectivity index (χ1) is 6.13. The fraction of sp³-hybridized carbons (Fsp3) is 0.750. The van der Waals surface area contributed by atoms with E-state index in [4.69, 9.17) is 16.1 Å². The van der Waals surface area contributed by atoms with Gasteiger partial charge >= 0.3 is 5.97 Å². The zero-order chi connectivity index (χ0) is 9.84. The van der Waals surface area contributed by atoms with E-state index in [1.165, 1.54) is 0 Å². The summed E-state index contributed by atoms with van der Waals surface area (Å²) in [6, 6.07) is 1.81. The van der Waals surface area contributed by atoms with Gasteiger partial charge in [0.25, 0.3) is 0 Å². The van der Waals surface area contributed by atoms with Crippen molar-refractivity contribution >= 4 is 5.97 Å². The number of carbonyl (C=O) groups is 1. The number of likely N-dealkylation sites (tertiary alicyclic amines) is 1. The molecule has 72 valence electrons. The number of nitrogens with zero attached hydrogens (tertiary/aromatic N) is 2. The molecule has 0 aromatic carbocycles. The van der Waals surface area contributed by atoms with Gasteiger partial charge in [-0.2, -0.15) is 5.26 Å². The topological polar surface area (TPSA) is 90.4 Å². The highest BCUT2D eigenvalue weighted by Crippen LogP contribution is 2.14. The van der Waals surface area contributed by atoms with Crippen LogP contribution in [-0.2, 0) is 4.79 Å². The number of piperidine rings is 1. The molecular weight excluding hydrogens is 170 g/mol. The van der Waals surface area contributed by atoms with E-state index in [2.05, 4.69) is 6.07 Å². The highest BCUT2D eigenvalue weighted by Gasteiger charge is 2.27. The van der Waals surface area contributed by atoms with E-state index in [9.17, 15) is 4.79 Å². The molecule has 1 fully saturated rings. The van der Waals surface area contributed by atoms with E-state index in [0.717, 1.165) is 6.42 Å². The molecule has 0 aromatic heterocycles. The number of carboxylic acid groups (broad SMARTS) is 1. The maximum Gasteiger partial charge on any atom is 0.317 e. The highest BCUT2D eigenvalue weighted by molar-refractivity contribution is 5.69. The van der Waals surface area contributed by atoms with Crippen LogP contribution in [0.3, 0.4) is 0 Å². The summed E-state index contributed by atoms with van der Waals surface area (Å²) >= 11 is 0. The van der Waals surface area contributed by atoms with Gasteiger partial charge in [0.2, 0.25) is 0 Å². The summed E-state index contributed by atoms with van der Waals surface area (Å²) in [6.07, 6.45) is 1.47. The van der Waals surface area contributed by atoms with Crippen molar-refractivity contribution in [3.8, 4) is 6.07 Å². The van der Waals surface area contributed by atoms with Gasteiger partial charge in [-0.05, 0) is 12.8 Å². The molecule has 1 unspecified atom stereocenters. The molecule has 1 aliphatic rings. The van der Waals surface area contributed by atoms with Gasteiger partial charge in [-0.15, -0.1) is 0 Å². The maximum atomic E-state index is 10.4. The van der Waals surface area contributed by atoms with Gasteiger partial charge in [-0.3, -0.25) is 9.69 Å². The molecule has 0 saturated carbocycles. The third-order valence-corrected chi connectivity index (χ3v) is 2.21. The molecule has 5 nitrogen and oxygen atoms in total. The summed E-state index contributed by atoms with van der Waals surface area (Å²) in [6.45, 7) is 0.413. The standard InChI is InChI=1S/C8H13N3O2/c9-3-7-2-1-6(10)4-11(7)5-8(12)13/h6-7H,1-2,4-5,10H2,(H,12,13)/t6?,7-/m0/s1. The van der Waals surface area contributed by atoms with Crippen LogP contribution in [0.1, 0.15) is 12.8 Å². The zero-order valence-electron chi connectivity index (χ0n) is 7.31. The molecule has 0 aromatic rings. The van der Waals surface area contributed by atoms with Crippen molar-refractivity contribution in [2.45, 2.75) is 24.9 Å². The monoisotopic (exact) mass is 183 g/mol. The Morgan fingerprint density at radius 3 is 2.92 bits per heavy atom. The number of rotatable bonds is 2. The van der Waals surface area contributed by atoms with E-state index in [-0.39, 0.29) is 18.6 Å². The Morgan fingerprint density at radius 1 is 1.69 bits per heavy atom. The Balaban J connectivity index is 2.55. The molecule has 0 bridgehead atoms. The minimum Gasteiger partial charge on any atom is -0.480 e. The van der Waals surface area contributed by atoms with Crippen LogP contribution < -0.4 is 5.73 Å². The van der Waals surface area contributed by atoms with Crippen molar-refractivity contribution < 1.29 is 9.90 Å². The zero-order valence-corrected chi connectivity index (χ0v) is 7.31. The van der Waals surface area contributed by atoms with Gasteiger partial charge in [0, 0.05) is 12.6 Å². The Bertz CT molecular complexity index is 236. The van der Waals surface area contributed by atoms with Crippen molar-refractivity contribution in [3.05, 3.63) is 0 Å². The minimum absolute atomic E-state index is 0.00366. The molecule has 0 aliphatic carbocycles. The molecular formula is C8H13N3O2. The van der Waals surface area contributed by atoms with E-state index >= 15 is 0 Å². The molecule has 0 amide bonds. The lowest BCUT2D eigenvalue weighted by Gasteiger charge is -2.33. The van der Waals surface area contributed by atoms with Crippen molar-refractivity contribution in [1.82, 2.24) is 4.90 Å². The molecule has 1 heterocycles. The summed E-state index contributed by atoms with van der Waals surface area (Å²) in [4.78, 5) is 12.1. The van der Waals surface area contributed by atoms with Crippen LogP contribution >= 0.6 is 0 Å². The highest BCUT2D eigenvalue weighted by atomic mass is 16.4. The number of aliphatic carboxylic acids is 1. The smallest absolute Gasteiger partial charge is 0.317 e. The van der Waals surface area contributed by atoms with Crippen molar-refractivity contribution in [2.24, 2.45) is 5.73 Å².